The van der Waals surface area contributed by atoms with Crippen molar-refractivity contribution in [2.75, 3.05) is 0 Å². The Morgan fingerprint density at radius 2 is 1.85 bits per heavy atom. The highest BCUT2D eigenvalue weighted by Gasteiger charge is 2.28. The van der Waals surface area contributed by atoms with Gasteiger partial charge in [-0.05, 0) is 17.7 Å². The third-order valence-electron chi connectivity index (χ3n) is 2.92. The largest absolute Gasteiger partial charge is 0.508 e. The number of aromatic carboxylic acids is 1. The molecule has 0 aliphatic carbocycles. The van der Waals surface area contributed by atoms with Gasteiger partial charge < -0.3 is 10.2 Å². The smallest absolute Gasteiger partial charge is 0.358 e. The number of carboxylic acids is 1. The van der Waals surface area contributed by atoms with E-state index < -0.39 is 5.97 Å². The summed E-state index contributed by atoms with van der Waals surface area (Å²) >= 11 is 0. The molecule has 106 valence electrons. The first-order valence-electron chi connectivity index (χ1n) is 6.24. The van der Waals surface area contributed by atoms with Gasteiger partial charge in [0.25, 0.3) is 0 Å². The molecule has 0 aliphatic heterocycles. The number of hydrogen-bond donors (Lipinski definition) is 2. The average molecular weight is 275 g/mol. The molecule has 0 saturated heterocycles. The van der Waals surface area contributed by atoms with Gasteiger partial charge in [-0.15, -0.1) is 5.10 Å². The number of aromatic nitrogens is 3. The summed E-state index contributed by atoms with van der Waals surface area (Å²) in [6, 6.07) is 6.70. The van der Waals surface area contributed by atoms with Crippen LogP contribution in [0.15, 0.2) is 24.3 Å². The molecule has 2 N–H and O–H groups in total. The average Bonchev–Trinajstić information content (AvgIpc) is 2.76. The van der Waals surface area contributed by atoms with Gasteiger partial charge >= 0.3 is 5.97 Å². The summed E-state index contributed by atoms with van der Waals surface area (Å²) in [6.07, 6.45) is 0. The van der Waals surface area contributed by atoms with Gasteiger partial charge in [-0.1, -0.05) is 38.1 Å². The van der Waals surface area contributed by atoms with Crippen molar-refractivity contribution in [3.05, 3.63) is 41.2 Å². The Hall–Kier alpha value is -2.37. The van der Waals surface area contributed by atoms with Crippen LogP contribution in [-0.4, -0.2) is 31.2 Å². The van der Waals surface area contributed by atoms with E-state index in [2.05, 4.69) is 10.3 Å². The molecule has 0 radical (unpaired) electrons. The molecule has 20 heavy (non-hydrogen) atoms. The molecule has 2 aromatic rings. The van der Waals surface area contributed by atoms with Crippen LogP contribution in [0.3, 0.4) is 0 Å². The van der Waals surface area contributed by atoms with Crippen molar-refractivity contribution in [2.45, 2.75) is 32.7 Å². The third kappa shape index (κ3) is 2.79. The number of phenols is 1. The molecule has 1 aromatic carbocycles. The molecular weight excluding hydrogens is 258 g/mol. The van der Waals surface area contributed by atoms with Crippen LogP contribution >= 0.6 is 0 Å². The molecular formula is C14H17N3O3. The molecule has 0 bridgehead atoms. The Kier molecular flexibility index (Phi) is 3.48. The fraction of sp³-hybridized carbons (Fsp3) is 0.357. The molecule has 0 atom stereocenters. The Balaban J connectivity index is 2.42. The van der Waals surface area contributed by atoms with Crippen LogP contribution in [0.1, 0.15) is 42.5 Å². The summed E-state index contributed by atoms with van der Waals surface area (Å²) in [5, 5.41) is 26.2. The standard InChI is InChI=1S/C14H17N3O3/c1-14(2,3)12-11(13(19)20)15-16-17(12)8-9-4-6-10(18)7-5-9/h4-7,18H,8H2,1-3H3,(H,19,20). The lowest BCUT2D eigenvalue weighted by atomic mass is 9.90. The maximum Gasteiger partial charge on any atom is 0.358 e. The van der Waals surface area contributed by atoms with Crippen molar-refractivity contribution in [3.63, 3.8) is 0 Å². The second-order valence-electron chi connectivity index (χ2n) is 5.67. The highest BCUT2D eigenvalue weighted by atomic mass is 16.4. The van der Waals surface area contributed by atoms with E-state index >= 15 is 0 Å². The van der Waals surface area contributed by atoms with Crippen molar-refractivity contribution >= 4 is 5.97 Å². The number of carbonyl (C=O) groups is 1. The zero-order valence-electron chi connectivity index (χ0n) is 11.7. The van der Waals surface area contributed by atoms with Gasteiger partial charge in [-0.2, -0.15) is 0 Å². The van der Waals surface area contributed by atoms with Crippen LogP contribution < -0.4 is 0 Å². The van der Waals surface area contributed by atoms with Crippen LogP contribution in [-0.2, 0) is 12.0 Å². The lowest BCUT2D eigenvalue weighted by Gasteiger charge is -2.20. The van der Waals surface area contributed by atoms with Crippen LogP contribution in [0.4, 0.5) is 0 Å². The minimum Gasteiger partial charge on any atom is -0.508 e. The number of benzene rings is 1. The van der Waals surface area contributed by atoms with Gasteiger partial charge in [-0.3, -0.25) is 0 Å². The van der Waals surface area contributed by atoms with Gasteiger partial charge in [0.2, 0.25) is 0 Å². The Labute approximate surface area is 116 Å². The van der Waals surface area contributed by atoms with Crippen molar-refractivity contribution in [1.29, 1.82) is 0 Å². The van der Waals surface area contributed by atoms with Gasteiger partial charge in [0.1, 0.15) is 5.75 Å². The first-order valence-corrected chi connectivity index (χ1v) is 6.24. The SMILES string of the molecule is CC(C)(C)c1c(C(=O)O)nnn1Cc1ccc(O)cc1. The normalized spacial score (nSPS) is 11.6. The van der Waals surface area contributed by atoms with Gasteiger partial charge in [0.05, 0.1) is 12.2 Å². The predicted molar refractivity (Wildman–Crippen MR) is 72.9 cm³/mol. The summed E-state index contributed by atoms with van der Waals surface area (Å²) < 4.78 is 1.59. The Morgan fingerprint density at radius 3 is 2.35 bits per heavy atom. The highest BCUT2D eigenvalue weighted by molar-refractivity contribution is 5.86. The molecule has 1 aromatic heterocycles. The molecule has 0 aliphatic rings. The van der Waals surface area contributed by atoms with Gasteiger partial charge in [0.15, 0.2) is 5.69 Å². The topological polar surface area (TPSA) is 88.2 Å². The van der Waals surface area contributed by atoms with Crippen LogP contribution in [0, 0.1) is 0 Å². The lowest BCUT2D eigenvalue weighted by molar-refractivity contribution is 0.0687. The number of nitrogens with zero attached hydrogens (tertiary/aromatic N) is 3. The first kappa shape index (κ1) is 14.0. The number of phenolic OH excluding ortho intramolecular Hbond substituents is 1. The zero-order valence-corrected chi connectivity index (χ0v) is 11.7. The summed E-state index contributed by atoms with van der Waals surface area (Å²) in [7, 11) is 0. The molecule has 0 unspecified atom stereocenters. The van der Waals surface area contributed by atoms with Crippen LogP contribution in [0.2, 0.25) is 0 Å². The molecule has 0 fully saturated rings. The second kappa shape index (κ2) is 4.96. The fourth-order valence-electron chi connectivity index (χ4n) is 2.08. The minimum absolute atomic E-state index is 0.0173. The van der Waals surface area contributed by atoms with Crippen molar-refractivity contribution in [3.8, 4) is 5.75 Å². The Morgan fingerprint density at radius 1 is 1.25 bits per heavy atom. The van der Waals surface area contributed by atoms with E-state index in [0.29, 0.717) is 12.2 Å². The second-order valence-corrected chi connectivity index (χ2v) is 5.67. The van der Waals surface area contributed by atoms with E-state index in [9.17, 15) is 15.0 Å². The van der Waals surface area contributed by atoms with Crippen molar-refractivity contribution in [1.82, 2.24) is 15.0 Å². The number of rotatable bonds is 3. The van der Waals surface area contributed by atoms with Crippen LogP contribution in [0.5, 0.6) is 5.75 Å². The van der Waals surface area contributed by atoms with Crippen LogP contribution in [0.25, 0.3) is 0 Å². The van der Waals surface area contributed by atoms with Crippen molar-refractivity contribution < 1.29 is 15.0 Å². The zero-order chi connectivity index (χ0) is 14.9. The molecule has 2 rings (SSSR count). The monoisotopic (exact) mass is 275 g/mol. The maximum absolute atomic E-state index is 11.2. The van der Waals surface area contributed by atoms with Gasteiger partial charge in [0, 0.05) is 5.41 Å². The van der Waals surface area contributed by atoms with E-state index in [1.165, 1.54) is 0 Å². The molecule has 6 heteroatoms. The summed E-state index contributed by atoms with van der Waals surface area (Å²) in [6.45, 7) is 6.18. The quantitative estimate of drug-likeness (QED) is 0.894. The molecule has 0 spiro atoms. The van der Waals surface area contributed by atoms with E-state index in [4.69, 9.17) is 0 Å². The van der Waals surface area contributed by atoms with Gasteiger partial charge in [-0.25, -0.2) is 9.48 Å². The summed E-state index contributed by atoms with van der Waals surface area (Å²) in [5.74, 6) is -0.888. The summed E-state index contributed by atoms with van der Waals surface area (Å²) in [5.41, 5.74) is 1.10. The van der Waals surface area contributed by atoms with E-state index in [1.807, 2.05) is 20.8 Å². The van der Waals surface area contributed by atoms with E-state index in [-0.39, 0.29) is 16.9 Å². The number of hydrogen-bond acceptors (Lipinski definition) is 4. The summed E-state index contributed by atoms with van der Waals surface area (Å²) in [4.78, 5) is 11.2. The van der Waals surface area contributed by atoms with Crippen molar-refractivity contribution in [2.24, 2.45) is 0 Å². The molecule has 1 heterocycles. The maximum atomic E-state index is 11.2. The highest BCUT2D eigenvalue weighted by Crippen LogP contribution is 2.25. The Bertz CT molecular complexity index is 624. The van der Waals surface area contributed by atoms with E-state index in [1.54, 1.807) is 28.9 Å². The molecule has 6 nitrogen and oxygen atoms in total. The molecule has 0 saturated carbocycles. The minimum atomic E-state index is -1.08. The fourth-order valence-corrected chi connectivity index (χ4v) is 2.08. The number of aromatic hydroxyl groups is 1. The first-order chi connectivity index (χ1) is 9.29. The molecule has 0 amide bonds. The third-order valence-corrected chi connectivity index (χ3v) is 2.92. The number of carboxylic acid groups (broad SMARTS) is 1. The van der Waals surface area contributed by atoms with E-state index in [0.717, 1.165) is 5.56 Å². The predicted octanol–water partition coefficient (Wildman–Crippen LogP) is 2.03. The lowest BCUT2D eigenvalue weighted by Crippen LogP contribution is -2.22.